The van der Waals surface area contributed by atoms with Crippen LogP contribution in [0.1, 0.15) is 5.56 Å². The van der Waals surface area contributed by atoms with Crippen LogP contribution in [0.3, 0.4) is 0 Å². The first-order valence-electron chi connectivity index (χ1n) is 9.13. The average molecular weight is 426 g/mol. The number of carbonyl (C=O) groups excluding carboxylic acids is 1. The van der Waals surface area contributed by atoms with E-state index >= 15 is 0 Å². The van der Waals surface area contributed by atoms with Crippen LogP contribution < -0.4 is 5.01 Å². The summed E-state index contributed by atoms with van der Waals surface area (Å²) in [4.78, 5) is 16.4. The number of amides is 1. The minimum Gasteiger partial charge on any atom is -0.383 e. The lowest BCUT2D eigenvalue weighted by molar-refractivity contribution is -0.114. The van der Waals surface area contributed by atoms with Crippen molar-refractivity contribution in [3.05, 3.63) is 71.9 Å². The third kappa shape index (κ3) is 4.57. The van der Waals surface area contributed by atoms with Crippen molar-refractivity contribution in [3.63, 3.8) is 0 Å². The molecule has 0 saturated carbocycles. The zero-order valence-electron chi connectivity index (χ0n) is 17.2. The highest BCUT2D eigenvalue weighted by atomic mass is 32.2. The van der Waals surface area contributed by atoms with Gasteiger partial charge in [-0.1, -0.05) is 30.3 Å². The fourth-order valence-electron chi connectivity index (χ4n) is 2.75. The standard InChI is InChI=1S/C21H23N5O3S/c1-24(2)14-19-20(16-8-6-5-7-9-16)23-26(21(19)27)17-10-12-18(13-11-17)30(28,29)22-15-25(3)4/h5-15H,1-4H3/b19-14-,22-15+. The van der Waals surface area contributed by atoms with Crippen molar-refractivity contribution in [1.29, 1.82) is 0 Å². The molecule has 2 aromatic carbocycles. The number of hydrazone groups is 1. The summed E-state index contributed by atoms with van der Waals surface area (Å²) in [5, 5.41) is 5.79. The summed E-state index contributed by atoms with van der Waals surface area (Å²) in [6.45, 7) is 0. The SMILES string of the molecule is CN(C)/C=C1\C(=O)N(c2ccc(S(=O)(=O)/N=C/N(C)C)cc2)N=C1c1ccccc1. The van der Waals surface area contributed by atoms with E-state index in [0.29, 0.717) is 17.0 Å². The van der Waals surface area contributed by atoms with Gasteiger partial charge in [-0.25, -0.2) is 0 Å². The molecule has 1 aliphatic rings. The Morgan fingerprint density at radius 1 is 0.933 bits per heavy atom. The summed E-state index contributed by atoms with van der Waals surface area (Å²) in [5.41, 5.74) is 2.30. The van der Waals surface area contributed by atoms with E-state index in [1.807, 2.05) is 44.4 Å². The van der Waals surface area contributed by atoms with E-state index in [1.165, 1.54) is 28.4 Å². The topological polar surface area (TPSA) is 85.7 Å². The molecule has 0 spiro atoms. The van der Waals surface area contributed by atoms with E-state index in [-0.39, 0.29) is 10.8 Å². The molecule has 1 amide bonds. The predicted molar refractivity (Wildman–Crippen MR) is 118 cm³/mol. The zero-order valence-corrected chi connectivity index (χ0v) is 18.0. The zero-order chi connectivity index (χ0) is 21.9. The molecule has 0 fully saturated rings. The van der Waals surface area contributed by atoms with Crippen molar-refractivity contribution < 1.29 is 13.2 Å². The van der Waals surface area contributed by atoms with Crippen LogP contribution in [0.25, 0.3) is 0 Å². The van der Waals surface area contributed by atoms with E-state index in [4.69, 9.17) is 0 Å². The molecule has 1 heterocycles. The first kappa shape index (κ1) is 21.3. The molecule has 30 heavy (non-hydrogen) atoms. The molecule has 2 aromatic rings. The highest BCUT2D eigenvalue weighted by molar-refractivity contribution is 7.90. The van der Waals surface area contributed by atoms with Gasteiger partial charge in [0, 0.05) is 40.0 Å². The van der Waals surface area contributed by atoms with Gasteiger partial charge in [0.25, 0.3) is 15.9 Å². The Morgan fingerprint density at radius 3 is 2.13 bits per heavy atom. The lowest BCUT2D eigenvalue weighted by Gasteiger charge is -2.12. The Hall–Kier alpha value is -3.46. The molecule has 0 aliphatic carbocycles. The molecule has 3 rings (SSSR count). The van der Waals surface area contributed by atoms with Gasteiger partial charge < -0.3 is 9.80 Å². The first-order valence-corrected chi connectivity index (χ1v) is 10.6. The van der Waals surface area contributed by atoms with E-state index in [2.05, 4.69) is 9.50 Å². The highest BCUT2D eigenvalue weighted by Gasteiger charge is 2.32. The number of anilines is 1. The number of rotatable bonds is 6. The Balaban J connectivity index is 1.97. The number of benzene rings is 2. The predicted octanol–water partition coefficient (Wildman–Crippen LogP) is 2.16. The maximum atomic E-state index is 13.1. The Morgan fingerprint density at radius 2 is 1.57 bits per heavy atom. The van der Waals surface area contributed by atoms with Gasteiger partial charge in [0.15, 0.2) is 0 Å². The van der Waals surface area contributed by atoms with E-state index in [0.717, 1.165) is 5.56 Å². The first-order chi connectivity index (χ1) is 14.2. The smallest absolute Gasteiger partial charge is 0.283 e. The summed E-state index contributed by atoms with van der Waals surface area (Å²) in [6, 6.07) is 15.3. The van der Waals surface area contributed by atoms with Crippen molar-refractivity contribution in [2.45, 2.75) is 4.90 Å². The van der Waals surface area contributed by atoms with E-state index in [1.54, 1.807) is 37.3 Å². The van der Waals surface area contributed by atoms with Crippen LogP contribution in [0.15, 0.2) is 80.8 Å². The number of carbonyl (C=O) groups is 1. The fraction of sp³-hybridized carbons (Fsp3) is 0.190. The minimum atomic E-state index is -3.82. The van der Waals surface area contributed by atoms with Gasteiger partial charge >= 0.3 is 0 Å². The Kier molecular flexibility index (Phi) is 6.02. The largest absolute Gasteiger partial charge is 0.383 e. The number of sulfonamides is 1. The van der Waals surface area contributed by atoms with Crippen LogP contribution in [0.2, 0.25) is 0 Å². The molecule has 0 unspecified atom stereocenters. The van der Waals surface area contributed by atoms with Crippen LogP contribution in [-0.4, -0.2) is 64.4 Å². The van der Waals surface area contributed by atoms with Crippen LogP contribution in [-0.2, 0) is 14.8 Å². The third-order valence-electron chi connectivity index (χ3n) is 4.11. The van der Waals surface area contributed by atoms with E-state index < -0.39 is 10.0 Å². The lowest BCUT2D eigenvalue weighted by Crippen LogP contribution is -2.22. The molecule has 9 heteroatoms. The van der Waals surface area contributed by atoms with Gasteiger partial charge in [-0.15, -0.1) is 4.40 Å². The quantitative estimate of drug-likeness (QED) is 0.402. The summed E-state index contributed by atoms with van der Waals surface area (Å²) in [5.74, 6) is -0.288. The molecule has 1 aliphatic heterocycles. The molecule has 0 radical (unpaired) electrons. The number of hydrogen-bond donors (Lipinski definition) is 0. The minimum absolute atomic E-state index is 0.0346. The molecule has 156 valence electrons. The normalized spacial score (nSPS) is 15.7. The molecule has 0 saturated heterocycles. The molecule has 0 aromatic heterocycles. The average Bonchev–Trinajstić information content (AvgIpc) is 3.03. The van der Waals surface area contributed by atoms with Crippen molar-refractivity contribution in [1.82, 2.24) is 9.80 Å². The van der Waals surface area contributed by atoms with Gasteiger partial charge in [0.1, 0.15) is 12.1 Å². The van der Waals surface area contributed by atoms with Crippen molar-refractivity contribution in [3.8, 4) is 0 Å². The Bertz CT molecular complexity index is 1120. The summed E-state index contributed by atoms with van der Waals surface area (Å²) < 4.78 is 28.2. The molecule has 0 bridgehead atoms. The van der Waals surface area contributed by atoms with Gasteiger partial charge in [-0.2, -0.15) is 18.5 Å². The van der Waals surface area contributed by atoms with Gasteiger partial charge in [0.2, 0.25) is 0 Å². The maximum Gasteiger partial charge on any atom is 0.283 e. The van der Waals surface area contributed by atoms with Crippen LogP contribution in [0.4, 0.5) is 5.69 Å². The van der Waals surface area contributed by atoms with E-state index in [9.17, 15) is 13.2 Å². The van der Waals surface area contributed by atoms with Gasteiger partial charge in [-0.05, 0) is 24.3 Å². The summed E-state index contributed by atoms with van der Waals surface area (Å²) >= 11 is 0. The highest BCUT2D eigenvalue weighted by Crippen LogP contribution is 2.27. The summed E-state index contributed by atoms with van der Waals surface area (Å²) in [7, 11) is 3.21. The van der Waals surface area contributed by atoms with Crippen molar-refractivity contribution >= 4 is 33.7 Å². The molecular formula is C21H23N5O3S. The molecule has 8 nitrogen and oxygen atoms in total. The molecular weight excluding hydrogens is 402 g/mol. The maximum absolute atomic E-state index is 13.1. The second kappa shape index (κ2) is 8.50. The molecule has 0 atom stereocenters. The van der Waals surface area contributed by atoms with Crippen LogP contribution >= 0.6 is 0 Å². The second-order valence-electron chi connectivity index (χ2n) is 7.09. The van der Waals surface area contributed by atoms with Crippen LogP contribution in [0, 0.1) is 0 Å². The van der Waals surface area contributed by atoms with Crippen LogP contribution in [0.5, 0.6) is 0 Å². The third-order valence-corrected chi connectivity index (χ3v) is 5.35. The monoisotopic (exact) mass is 425 g/mol. The van der Waals surface area contributed by atoms with Crippen molar-refractivity contribution in [2.24, 2.45) is 9.50 Å². The number of nitrogens with zero attached hydrogens (tertiary/aromatic N) is 5. The van der Waals surface area contributed by atoms with Gasteiger partial charge in [-0.3, -0.25) is 4.79 Å². The number of hydrogen-bond acceptors (Lipinski definition) is 5. The summed E-state index contributed by atoms with van der Waals surface area (Å²) in [6.07, 6.45) is 2.95. The lowest BCUT2D eigenvalue weighted by atomic mass is 10.0. The second-order valence-corrected chi connectivity index (χ2v) is 8.72. The molecule has 0 N–H and O–H groups in total. The van der Waals surface area contributed by atoms with Gasteiger partial charge in [0.05, 0.1) is 16.2 Å². The Labute approximate surface area is 176 Å². The fourth-order valence-corrected chi connectivity index (χ4v) is 3.66. The van der Waals surface area contributed by atoms with Crippen molar-refractivity contribution in [2.75, 3.05) is 33.2 Å².